The number of hydrogen-bond donors (Lipinski definition) is 3. The monoisotopic (exact) mass is 237 g/mol. The van der Waals surface area contributed by atoms with E-state index in [-0.39, 0.29) is 5.75 Å². The second-order valence-corrected chi connectivity index (χ2v) is 3.96. The van der Waals surface area contributed by atoms with Crippen LogP contribution in [0.15, 0.2) is 18.2 Å². The van der Waals surface area contributed by atoms with Crippen LogP contribution in [0, 0.1) is 0 Å². The molecule has 0 aliphatic heterocycles. The highest BCUT2D eigenvalue weighted by molar-refractivity contribution is 6.31. The van der Waals surface area contributed by atoms with Crippen LogP contribution in [-0.2, 0) is 6.42 Å². The summed E-state index contributed by atoms with van der Waals surface area (Å²) in [5.41, 5.74) is 7.60. The van der Waals surface area contributed by atoms with Crippen LogP contribution in [0.2, 0.25) is 5.02 Å². The van der Waals surface area contributed by atoms with E-state index in [1.165, 1.54) is 0 Å². The van der Waals surface area contributed by atoms with Crippen LogP contribution < -0.4 is 5.73 Å². The fourth-order valence-corrected chi connectivity index (χ4v) is 1.85. The Labute approximate surface area is 98.1 Å². The van der Waals surface area contributed by atoms with Crippen LogP contribution in [0.5, 0.6) is 5.75 Å². The number of nitrogens with zero attached hydrogens (tertiary/aromatic N) is 1. The summed E-state index contributed by atoms with van der Waals surface area (Å²) in [4.78, 5) is 0. The number of H-pyrrole nitrogens is 1. The summed E-state index contributed by atoms with van der Waals surface area (Å²) in [6.07, 6.45) is 0.711. The third-order valence-electron chi connectivity index (χ3n) is 2.42. The number of halogens is 1. The number of phenols is 1. The Morgan fingerprint density at radius 2 is 2.19 bits per heavy atom. The second-order valence-electron chi connectivity index (χ2n) is 3.52. The van der Waals surface area contributed by atoms with Gasteiger partial charge in [-0.1, -0.05) is 18.5 Å². The van der Waals surface area contributed by atoms with Gasteiger partial charge < -0.3 is 10.8 Å². The molecular weight excluding hydrogens is 226 g/mol. The van der Waals surface area contributed by atoms with Crippen molar-refractivity contribution in [2.24, 2.45) is 0 Å². The van der Waals surface area contributed by atoms with Gasteiger partial charge in [-0.05, 0) is 24.1 Å². The zero-order valence-corrected chi connectivity index (χ0v) is 9.54. The van der Waals surface area contributed by atoms with Crippen molar-refractivity contribution in [2.45, 2.75) is 13.3 Å². The van der Waals surface area contributed by atoms with E-state index in [4.69, 9.17) is 17.3 Å². The maximum absolute atomic E-state index is 10.0. The van der Waals surface area contributed by atoms with Crippen LogP contribution in [0.4, 0.5) is 5.82 Å². The van der Waals surface area contributed by atoms with Crippen LogP contribution in [0.25, 0.3) is 11.3 Å². The van der Waals surface area contributed by atoms with E-state index < -0.39 is 0 Å². The molecular formula is C11H12ClN3O. The van der Waals surface area contributed by atoms with Gasteiger partial charge in [0.25, 0.3) is 0 Å². The molecule has 2 aromatic rings. The zero-order chi connectivity index (χ0) is 11.7. The standard InChI is InChI=1S/C11H12ClN3O/c1-2-6-3-7(12)4-8(11(6)16)9-5-10(13)15-14-9/h3-5,16H,2H2,1H3,(H3,13,14,15). The molecule has 84 valence electrons. The van der Waals surface area contributed by atoms with Crippen molar-refractivity contribution in [1.82, 2.24) is 10.2 Å². The Hall–Kier alpha value is -1.68. The van der Waals surface area contributed by atoms with Crippen molar-refractivity contribution in [2.75, 3.05) is 5.73 Å². The first-order valence-corrected chi connectivity index (χ1v) is 5.32. The lowest BCUT2D eigenvalue weighted by Gasteiger charge is -2.07. The minimum atomic E-state index is 0.218. The first-order valence-electron chi connectivity index (χ1n) is 4.94. The molecule has 16 heavy (non-hydrogen) atoms. The van der Waals surface area contributed by atoms with Crippen molar-refractivity contribution in [3.63, 3.8) is 0 Å². The van der Waals surface area contributed by atoms with Gasteiger partial charge in [-0.3, -0.25) is 5.10 Å². The first kappa shape index (κ1) is 10.8. The van der Waals surface area contributed by atoms with Crippen molar-refractivity contribution >= 4 is 17.4 Å². The summed E-state index contributed by atoms with van der Waals surface area (Å²) in [5.74, 6) is 0.600. The predicted molar refractivity (Wildman–Crippen MR) is 64.5 cm³/mol. The van der Waals surface area contributed by atoms with Crippen molar-refractivity contribution in [1.29, 1.82) is 0 Å². The molecule has 0 unspecified atom stereocenters. The van der Waals surface area contributed by atoms with Crippen LogP contribution >= 0.6 is 11.6 Å². The molecule has 4 nitrogen and oxygen atoms in total. The molecule has 2 rings (SSSR count). The Kier molecular flexibility index (Phi) is 2.75. The second kappa shape index (κ2) is 4.06. The van der Waals surface area contributed by atoms with E-state index >= 15 is 0 Å². The molecule has 0 spiro atoms. The molecule has 0 fully saturated rings. The van der Waals surface area contributed by atoms with E-state index in [0.29, 0.717) is 28.5 Å². The van der Waals surface area contributed by atoms with Crippen molar-refractivity contribution < 1.29 is 5.11 Å². The summed E-state index contributed by atoms with van der Waals surface area (Å²) in [6.45, 7) is 1.95. The number of hydrogen-bond acceptors (Lipinski definition) is 3. The molecule has 1 heterocycles. The maximum Gasteiger partial charge on any atom is 0.145 e. The number of nitrogens with one attached hydrogen (secondary N) is 1. The van der Waals surface area contributed by atoms with Crippen molar-refractivity contribution in [3.8, 4) is 17.0 Å². The summed E-state index contributed by atoms with van der Waals surface area (Å²) in [7, 11) is 0. The highest BCUT2D eigenvalue weighted by Crippen LogP contribution is 2.34. The number of aromatic hydroxyl groups is 1. The lowest BCUT2D eigenvalue weighted by atomic mass is 10.0. The number of aromatic nitrogens is 2. The minimum Gasteiger partial charge on any atom is -0.507 e. The Morgan fingerprint density at radius 1 is 1.44 bits per heavy atom. The van der Waals surface area contributed by atoms with Crippen LogP contribution in [0.1, 0.15) is 12.5 Å². The summed E-state index contributed by atoms with van der Waals surface area (Å²) >= 11 is 5.98. The van der Waals surface area contributed by atoms with Gasteiger partial charge in [0.2, 0.25) is 0 Å². The smallest absolute Gasteiger partial charge is 0.145 e. The molecule has 1 aromatic heterocycles. The molecule has 0 saturated carbocycles. The Morgan fingerprint density at radius 3 is 2.75 bits per heavy atom. The van der Waals surface area contributed by atoms with E-state index in [2.05, 4.69) is 10.2 Å². The first-order chi connectivity index (χ1) is 7.61. The Bertz CT molecular complexity index is 522. The molecule has 5 heteroatoms. The fraction of sp³-hybridized carbons (Fsp3) is 0.182. The molecule has 0 saturated heterocycles. The van der Waals surface area contributed by atoms with E-state index in [1.807, 2.05) is 6.92 Å². The average molecular weight is 238 g/mol. The molecule has 0 bridgehead atoms. The normalized spacial score (nSPS) is 10.6. The molecule has 1 aromatic carbocycles. The van der Waals surface area contributed by atoms with Gasteiger partial charge in [0, 0.05) is 16.7 Å². The molecule has 0 aliphatic rings. The van der Waals surface area contributed by atoms with Gasteiger partial charge in [0.1, 0.15) is 11.6 Å². The van der Waals surface area contributed by atoms with Gasteiger partial charge in [0.05, 0.1) is 5.69 Å². The molecule has 0 aliphatic carbocycles. The van der Waals surface area contributed by atoms with Gasteiger partial charge in [-0.25, -0.2) is 0 Å². The quantitative estimate of drug-likeness (QED) is 0.752. The SMILES string of the molecule is CCc1cc(Cl)cc(-c2cc(N)n[nH]2)c1O. The number of nitrogens with two attached hydrogens (primary N) is 1. The highest BCUT2D eigenvalue weighted by Gasteiger charge is 2.11. The fourth-order valence-electron chi connectivity index (χ4n) is 1.61. The van der Waals surface area contributed by atoms with Crippen LogP contribution in [-0.4, -0.2) is 15.3 Å². The van der Waals surface area contributed by atoms with Crippen LogP contribution in [0.3, 0.4) is 0 Å². The van der Waals surface area contributed by atoms with Crippen molar-refractivity contribution in [3.05, 3.63) is 28.8 Å². The minimum absolute atomic E-state index is 0.218. The van der Waals surface area contributed by atoms with E-state index in [9.17, 15) is 5.11 Å². The number of aryl methyl sites for hydroxylation is 1. The summed E-state index contributed by atoms with van der Waals surface area (Å²) in [5, 5.41) is 17.2. The van der Waals surface area contributed by atoms with E-state index in [0.717, 1.165) is 5.56 Å². The van der Waals surface area contributed by atoms with Gasteiger partial charge >= 0.3 is 0 Å². The topological polar surface area (TPSA) is 74.9 Å². The predicted octanol–water partition coefficient (Wildman–Crippen LogP) is 2.58. The molecule has 0 amide bonds. The summed E-state index contributed by atoms with van der Waals surface area (Å²) in [6, 6.07) is 5.09. The maximum atomic E-state index is 10.0. The average Bonchev–Trinajstić information content (AvgIpc) is 2.67. The Balaban J connectivity index is 2.60. The molecule has 0 radical (unpaired) electrons. The number of nitrogen functional groups attached to an aromatic ring is 1. The lowest BCUT2D eigenvalue weighted by Crippen LogP contribution is -1.87. The zero-order valence-electron chi connectivity index (χ0n) is 8.79. The highest BCUT2D eigenvalue weighted by atomic mass is 35.5. The summed E-state index contributed by atoms with van der Waals surface area (Å²) < 4.78 is 0. The third kappa shape index (κ3) is 1.84. The number of rotatable bonds is 2. The molecule has 0 atom stereocenters. The number of aromatic amines is 1. The third-order valence-corrected chi connectivity index (χ3v) is 2.64. The lowest BCUT2D eigenvalue weighted by molar-refractivity contribution is 0.470. The van der Waals surface area contributed by atoms with Gasteiger partial charge in [0.15, 0.2) is 0 Å². The van der Waals surface area contributed by atoms with Gasteiger partial charge in [-0.15, -0.1) is 0 Å². The number of phenolic OH excluding ortho intramolecular Hbond substituents is 1. The van der Waals surface area contributed by atoms with E-state index in [1.54, 1.807) is 18.2 Å². The van der Waals surface area contributed by atoms with Gasteiger partial charge in [-0.2, -0.15) is 5.10 Å². The largest absolute Gasteiger partial charge is 0.507 e. The number of benzene rings is 1. The number of anilines is 1. The molecule has 4 N–H and O–H groups in total.